The van der Waals surface area contributed by atoms with Crippen molar-refractivity contribution in [3.63, 3.8) is 0 Å². The van der Waals surface area contributed by atoms with Crippen molar-refractivity contribution in [3.8, 4) is 0 Å². The van der Waals surface area contributed by atoms with E-state index in [0.717, 1.165) is 68.7 Å². The van der Waals surface area contributed by atoms with Crippen LogP contribution in [0.5, 0.6) is 0 Å². The average Bonchev–Trinajstić information content (AvgIpc) is 3.65. The fourth-order valence-corrected chi connectivity index (χ4v) is 7.73. The molecule has 0 spiro atoms. The Kier molecular flexibility index (Phi) is 9.47. The molecule has 2 saturated carbocycles. The number of rotatable bonds is 9. The zero-order valence-corrected chi connectivity index (χ0v) is 24.6. The van der Waals surface area contributed by atoms with Gasteiger partial charge in [0.1, 0.15) is 5.58 Å². The van der Waals surface area contributed by atoms with Gasteiger partial charge in [0.2, 0.25) is 11.7 Å². The molecule has 3 atom stereocenters. The normalized spacial score (nSPS) is 29.4. The Bertz CT molecular complexity index is 1230. The van der Waals surface area contributed by atoms with E-state index in [9.17, 15) is 18.8 Å². The van der Waals surface area contributed by atoms with Crippen LogP contribution in [0.3, 0.4) is 0 Å². The van der Waals surface area contributed by atoms with Crippen molar-refractivity contribution in [1.29, 1.82) is 0 Å². The van der Waals surface area contributed by atoms with Gasteiger partial charge in [0.25, 0.3) is 0 Å². The molecule has 7 nitrogen and oxygen atoms in total. The van der Waals surface area contributed by atoms with Gasteiger partial charge < -0.3 is 18.8 Å². The van der Waals surface area contributed by atoms with Crippen LogP contribution in [0.1, 0.15) is 80.8 Å². The Morgan fingerprint density at radius 2 is 1.73 bits per heavy atom. The van der Waals surface area contributed by atoms with Gasteiger partial charge in [-0.3, -0.25) is 14.0 Å². The van der Waals surface area contributed by atoms with Gasteiger partial charge in [-0.1, -0.05) is 13.0 Å². The molecule has 5 rings (SSSR count). The summed E-state index contributed by atoms with van der Waals surface area (Å²) in [6, 6.07) is 6.73. The number of benzene rings is 1. The van der Waals surface area contributed by atoms with E-state index in [0.29, 0.717) is 24.0 Å². The van der Waals surface area contributed by atoms with Gasteiger partial charge in [0.05, 0.1) is 25.9 Å². The summed E-state index contributed by atoms with van der Waals surface area (Å²) in [5, 5.41) is 0.740. The summed E-state index contributed by atoms with van der Waals surface area (Å²) in [4.78, 5) is 41.9. The molecule has 0 radical (unpaired) electrons. The predicted octanol–water partition coefficient (Wildman–Crippen LogP) is 6.17. The highest BCUT2D eigenvalue weighted by molar-refractivity contribution is 5.94. The van der Waals surface area contributed by atoms with Gasteiger partial charge in [-0.15, -0.1) is 0 Å². The highest BCUT2D eigenvalue weighted by Crippen LogP contribution is 2.42. The third kappa shape index (κ3) is 6.37. The molecule has 41 heavy (non-hydrogen) atoms. The van der Waals surface area contributed by atoms with Crippen LogP contribution < -0.4 is 0 Å². The van der Waals surface area contributed by atoms with Crippen LogP contribution in [0, 0.1) is 29.6 Å². The summed E-state index contributed by atoms with van der Waals surface area (Å²) in [5.74, 6) is 0.594. The zero-order valence-electron chi connectivity index (χ0n) is 24.6. The second kappa shape index (κ2) is 13.1. The van der Waals surface area contributed by atoms with Crippen LogP contribution in [0.2, 0.25) is 0 Å². The lowest BCUT2D eigenvalue weighted by molar-refractivity contribution is -0.143. The number of fused-ring (bicyclic) bond motifs is 1. The lowest BCUT2D eigenvalue weighted by atomic mass is 9.74. The molecule has 1 saturated heterocycles. The number of nitrogens with zero attached hydrogens (tertiary/aromatic N) is 1. The molecule has 3 fully saturated rings. The molecule has 1 amide bonds. The van der Waals surface area contributed by atoms with Gasteiger partial charge in [0.15, 0.2) is 5.78 Å². The first-order valence-electron chi connectivity index (χ1n) is 15.4. The Labute approximate surface area is 242 Å². The molecule has 2 heterocycles. The van der Waals surface area contributed by atoms with E-state index in [1.807, 2.05) is 24.0 Å². The molecule has 2 aliphatic carbocycles. The van der Waals surface area contributed by atoms with Crippen LogP contribution >= 0.6 is 0 Å². The van der Waals surface area contributed by atoms with E-state index < -0.39 is 12.0 Å². The van der Waals surface area contributed by atoms with Gasteiger partial charge in [-0.2, -0.15) is 0 Å². The summed E-state index contributed by atoms with van der Waals surface area (Å²) in [6.07, 6.45) is 8.63. The fraction of sp³-hybridized carbons (Fsp3) is 0.667. The minimum atomic E-state index is -0.543. The SMILES string of the molecule is COC(=O)c1cc2cc(CC(=O)[C@@H]3[C@H](C4CCC(OC)CC4)CCN3C(=O)C3CCC([C@H](C)CF)CC3)ccc2o1. The Balaban J connectivity index is 1.34. The highest BCUT2D eigenvalue weighted by atomic mass is 19.1. The third-order valence-electron chi connectivity index (χ3n) is 10.2. The third-order valence-corrected chi connectivity index (χ3v) is 10.2. The quantitative estimate of drug-likeness (QED) is 0.336. The fourth-order valence-electron chi connectivity index (χ4n) is 7.73. The van der Waals surface area contributed by atoms with Crippen LogP contribution in [0.4, 0.5) is 4.39 Å². The van der Waals surface area contributed by atoms with Crippen LogP contribution in [0.25, 0.3) is 11.0 Å². The molecule has 1 aromatic heterocycles. The first-order chi connectivity index (χ1) is 19.8. The van der Waals surface area contributed by atoms with Crippen molar-refractivity contribution in [2.24, 2.45) is 29.6 Å². The number of hydrogen-bond donors (Lipinski definition) is 0. The van der Waals surface area contributed by atoms with Crippen molar-refractivity contribution >= 4 is 28.6 Å². The lowest BCUT2D eigenvalue weighted by Gasteiger charge is -2.37. The molecule has 1 aliphatic heterocycles. The van der Waals surface area contributed by atoms with E-state index in [4.69, 9.17) is 13.9 Å². The van der Waals surface area contributed by atoms with Crippen molar-refractivity contribution in [2.75, 3.05) is 27.4 Å². The lowest BCUT2D eigenvalue weighted by Crippen LogP contribution is -2.48. The average molecular weight is 570 g/mol. The number of methoxy groups -OCH3 is 2. The molecule has 8 heteroatoms. The topological polar surface area (TPSA) is 86.1 Å². The van der Waals surface area contributed by atoms with E-state index in [2.05, 4.69) is 0 Å². The highest BCUT2D eigenvalue weighted by Gasteiger charge is 2.47. The van der Waals surface area contributed by atoms with Crippen molar-refractivity contribution in [1.82, 2.24) is 4.90 Å². The molecule has 0 N–H and O–H groups in total. The smallest absolute Gasteiger partial charge is 0.373 e. The number of hydrogen-bond acceptors (Lipinski definition) is 6. The Morgan fingerprint density at radius 3 is 2.39 bits per heavy atom. The maximum Gasteiger partial charge on any atom is 0.373 e. The van der Waals surface area contributed by atoms with Gasteiger partial charge in [-0.05, 0) is 105 Å². The maximum absolute atomic E-state index is 14.1. The van der Waals surface area contributed by atoms with Gasteiger partial charge in [-0.25, -0.2) is 4.79 Å². The number of carbonyl (C=O) groups excluding carboxylic acids is 3. The molecule has 2 aromatic rings. The number of esters is 1. The van der Waals surface area contributed by atoms with Gasteiger partial charge in [0, 0.05) is 31.4 Å². The molecule has 0 unspecified atom stereocenters. The molecule has 0 bridgehead atoms. The molecule has 224 valence electrons. The molecule has 3 aliphatic rings. The second-order valence-electron chi connectivity index (χ2n) is 12.6. The summed E-state index contributed by atoms with van der Waals surface area (Å²) in [5.41, 5.74) is 1.39. The number of halogens is 1. The number of likely N-dealkylation sites (tertiary alicyclic amines) is 1. The van der Waals surface area contributed by atoms with Crippen LogP contribution in [0.15, 0.2) is 28.7 Å². The number of ether oxygens (including phenoxy) is 2. The first-order valence-corrected chi connectivity index (χ1v) is 15.4. The minimum absolute atomic E-state index is 0.0371. The molecule has 1 aromatic carbocycles. The summed E-state index contributed by atoms with van der Waals surface area (Å²) in [7, 11) is 3.07. The number of alkyl halides is 1. The summed E-state index contributed by atoms with van der Waals surface area (Å²) >= 11 is 0. The van der Waals surface area contributed by atoms with Gasteiger partial charge >= 0.3 is 5.97 Å². The molecular weight excluding hydrogens is 525 g/mol. The second-order valence-corrected chi connectivity index (χ2v) is 12.6. The van der Waals surface area contributed by atoms with E-state index >= 15 is 0 Å². The number of amides is 1. The van der Waals surface area contributed by atoms with E-state index in [1.165, 1.54) is 7.11 Å². The van der Waals surface area contributed by atoms with E-state index in [-0.39, 0.29) is 54.4 Å². The van der Waals surface area contributed by atoms with Crippen molar-refractivity contribution < 1.29 is 32.7 Å². The van der Waals surface area contributed by atoms with Crippen LogP contribution in [-0.4, -0.2) is 62.1 Å². The monoisotopic (exact) mass is 569 g/mol. The first kappa shape index (κ1) is 29.7. The largest absolute Gasteiger partial charge is 0.463 e. The maximum atomic E-state index is 14.1. The van der Waals surface area contributed by atoms with Crippen molar-refractivity contribution in [2.45, 2.75) is 83.3 Å². The number of ketones is 1. The Hall–Kier alpha value is -2.74. The number of Topliss-reactive ketones (excluding diaryl/α,β-unsaturated/α-hetero) is 1. The summed E-state index contributed by atoms with van der Waals surface area (Å²) in [6.45, 7) is 2.27. The number of furan rings is 1. The number of carbonyl (C=O) groups is 3. The van der Waals surface area contributed by atoms with Crippen LogP contribution in [-0.2, 0) is 25.5 Å². The van der Waals surface area contributed by atoms with Crippen molar-refractivity contribution in [3.05, 3.63) is 35.6 Å². The van der Waals surface area contributed by atoms with E-state index in [1.54, 1.807) is 19.2 Å². The zero-order chi connectivity index (χ0) is 29.1. The standard InChI is InChI=1S/C33H44FNO6/c1-20(19-34)22-5-7-24(8-6-22)32(37)35-15-14-27(23-9-11-26(39-2)12-10-23)31(35)28(36)17-21-4-13-29-25(16-21)18-30(41-29)33(38)40-3/h4,13,16,18,20,22-24,26-27,31H,5-12,14-15,17,19H2,1-3H3/t20-,22?,23?,24?,26?,27+,31+/m1/s1. The predicted molar refractivity (Wildman–Crippen MR) is 153 cm³/mol. The Morgan fingerprint density at radius 1 is 1.00 bits per heavy atom. The summed E-state index contributed by atoms with van der Waals surface area (Å²) < 4.78 is 29.2. The minimum Gasteiger partial charge on any atom is -0.463 e. The molecular formula is C33H44FNO6.